The Labute approximate surface area is 80.6 Å². The van der Waals surface area contributed by atoms with E-state index in [0.717, 1.165) is 0 Å². The first-order chi connectivity index (χ1) is 6.83. The van der Waals surface area contributed by atoms with Crippen molar-refractivity contribution < 1.29 is 5.11 Å². The Morgan fingerprint density at radius 2 is 2.50 bits per heavy atom. The van der Waals surface area contributed by atoms with E-state index in [0.29, 0.717) is 31.1 Å². The van der Waals surface area contributed by atoms with Crippen LogP contribution in [0.3, 0.4) is 0 Å². The molecule has 1 aliphatic rings. The number of H-pyrrole nitrogens is 1. The zero-order valence-corrected chi connectivity index (χ0v) is 7.66. The average Bonchev–Trinajstić information content (AvgIpc) is 2.60. The molecule has 2 rings (SSSR count). The lowest BCUT2D eigenvalue weighted by Crippen LogP contribution is -2.25. The number of aromatic nitrogens is 2. The van der Waals surface area contributed by atoms with Crippen LogP contribution in [0.4, 0.5) is 11.5 Å². The molecule has 2 heterocycles. The van der Waals surface area contributed by atoms with Gasteiger partial charge in [-0.25, -0.2) is 4.98 Å². The maximum absolute atomic E-state index is 11.3. The summed E-state index contributed by atoms with van der Waals surface area (Å²) in [6.07, 6.45) is 2.07. The number of aliphatic hydroxyl groups excluding tert-OH is 1. The van der Waals surface area contributed by atoms with Crippen LogP contribution in [-0.2, 0) is 0 Å². The fourth-order valence-corrected chi connectivity index (χ4v) is 1.49. The Morgan fingerprint density at radius 3 is 3.29 bits per heavy atom. The van der Waals surface area contributed by atoms with E-state index in [1.54, 1.807) is 0 Å². The Hall–Kier alpha value is -1.56. The van der Waals surface area contributed by atoms with Crippen LogP contribution in [0.1, 0.15) is 6.42 Å². The van der Waals surface area contributed by atoms with Gasteiger partial charge in [-0.1, -0.05) is 0 Å². The Balaban J connectivity index is 2.22. The van der Waals surface area contributed by atoms with E-state index in [1.807, 2.05) is 4.90 Å². The van der Waals surface area contributed by atoms with Crippen molar-refractivity contribution in [3.05, 3.63) is 16.7 Å². The molecule has 0 aromatic carbocycles. The van der Waals surface area contributed by atoms with Gasteiger partial charge in [0.15, 0.2) is 5.82 Å². The van der Waals surface area contributed by atoms with Crippen LogP contribution in [0.25, 0.3) is 0 Å². The van der Waals surface area contributed by atoms with Crippen molar-refractivity contribution in [2.45, 2.75) is 6.42 Å². The molecular formula is C8H12N4O2. The monoisotopic (exact) mass is 196 g/mol. The molecule has 76 valence electrons. The second kappa shape index (κ2) is 3.67. The maximum atomic E-state index is 11.3. The molecule has 0 atom stereocenters. The lowest BCUT2D eigenvalue weighted by Gasteiger charge is -2.15. The highest BCUT2D eigenvalue weighted by molar-refractivity contribution is 5.69. The second-order valence-electron chi connectivity index (χ2n) is 3.11. The van der Waals surface area contributed by atoms with E-state index in [1.165, 1.54) is 6.33 Å². The number of nitrogens with zero attached hydrogens (tertiary/aromatic N) is 2. The summed E-state index contributed by atoms with van der Waals surface area (Å²) in [5.74, 6) is 0.669. The maximum Gasteiger partial charge on any atom is 0.276 e. The normalized spacial score (nSPS) is 13.9. The van der Waals surface area contributed by atoms with E-state index >= 15 is 0 Å². The first-order valence-electron chi connectivity index (χ1n) is 4.50. The van der Waals surface area contributed by atoms with Crippen molar-refractivity contribution in [1.82, 2.24) is 9.97 Å². The van der Waals surface area contributed by atoms with Gasteiger partial charge in [-0.05, 0) is 6.42 Å². The molecule has 14 heavy (non-hydrogen) atoms. The third-order valence-electron chi connectivity index (χ3n) is 2.17. The molecule has 0 amide bonds. The average molecular weight is 196 g/mol. The number of aromatic amines is 1. The van der Waals surface area contributed by atoms with E-state index < -0.39 is 0 Å². The number of aliphatic hydroxyl groups is 1. The van der Waals surface area contributed by atoms with Gasteiger partial charge < -0.3 is 20.3 Å². The summed E-state index contributed by atoms with van der Waals surface area (Å²) in [5.41, 5.74) is 0.368. The van der Waals surface area contributed by atoms with Crippen molar-refractivity contribution >= 4 is 11.5 Å². The van der Waals surface area contributed by atoms with Gasteiger partial charge in [0.2, 0.25) is 0 Å². The third kappa shape index (κ3) is 1.44. The highest BCUT2D eigenvalue weighted by Gasteiger charge is 2.21. The van der Waals surface area contributed by atoms with Gasteiger partial charge >= 0.3 is 0 Å². The minimum atomic E-state index is -0.151. The van der Waals surface area contributed by atoms with Crippen LogP contribution in [0.15, 0.2) is 11.1 Å². The lowest BCUT2D eigenvalue weighted by atomic mass is 10.4. The van der Waals surface area contributed by atoms with Crippen molar-refractivity contribution in [2.75, 3.05) is 30.0 Å². The van der Waals surface area contributed by atoms with Gasteiger partial charge in [0.1, 0.15) is 5.69 Å². The number of hydrogen-bond donors (Lipinski definition) is 3. The van der Waals surface area contributed by atoms with E-state index in [2.05, 4.69) is 15.3 Å². The molecule has 0 saturated carbocycles. The molecule has 0 radical (unpaired) electrons. The topological polar surface area (TPSA) is 81.2 Å². The van der Waals surface area contributed by atoms with Crippen LogP contribution in [0.2, 0.25) is 0 Å². The number of nitrogens with one attached hydrogen (secondary N) is 2. The summed E-state index contributed by atoms with van der Waals surface area (Å²) in [6.45, 7) is 1.43. The minimum absolute atomic E-state index is 0.148. The molecule has 6 nitrogen and oxygen atoms in total. The molecule has 3 N–H and O–H groups in total. The van der Waals surface area contributed by atoms with Crippen LogP contribution in [-0.4, -0.2) is 34.9 Å². The zero-order chi connectivity index (χ0) is 9.97. The predicted molar refractivity (Wildman–Crippen MR) is 52.4 cm³/mol. The molecule has 0 unspecified atom stereocenters. The Morgan fingerprint density at radius 1 is 1.64 bits per heavy atom. The van der Waals surface area contributed by atoms with Gasteiger partial charge in [0, 0.05) is 13.2 Å². The summed E-state index contributed by atoms with van der Waals surface area (Å²) >= 11 is 0. The quantitative estimate of drug-likeness (QED) is 0.598. The van der Waals surface area contributed by atoms with Crippen LogP contribution >= 0.6 is 0 Å². The van der Waals surface area contributed by atoms with Crippen molar-refractivity contribution in [3.8, 4) is 0 Å². The smallest absolute Gasteiger partial charge is 0.276 e. The van der Waals surface area contributed by atoms with E-state index in [-0.39, 0.29) is 12.2 Å². The highest BCUT2D eigenvalue weighted by Crippen LogP contribution is 2.23. The molecule has 6 heteroatoms. The summed E-state index contributed by atoms with van der Waals surface area (Å²) in [6, 6.07) is 0. The second-order valence-corrected chi connectivity index (χ2v) is 3.11. The van der Waals surface area contributed by atoms with E-state index in [4.69, 9.17) is 5.11 Å². The van der Waals surface area contributed by atoms with Gasteiger partial charge in [0.25, 0.3) is 5.56 Å². The number of anilines is 2. The van der Waals surface area contributed by atoms with Gasteiger partial charge in [-0.15, -0.1) is 0 Å². The van der Waals surface area contributed by atoms with Gasteiger partial charge in [0.05, 0.1) is 13.0 Å². The van der Waals surface area contributed by atoms with Gasteiger partial charge in [-0.2, -0.15) is 0 Å². The molecular weight excluding hydrogens is 184 g/mol. The number of rotatable bonds is 3. The fourth-order valence-electron chi connectivity index (χ4n) is 1.49. The SMILES string of the molecule is O=c1[nH]cnc2c1NCN2CCCO. The minimum Gasteiger partial charge on any atom is -0.396 e. The summed E-state index contributed by atoms with van der Waals surface area (Å²) in [4.78, 5) is 19.8. The van der Waals surface area contributed by atoms with E-state index in [9.17, 15) is 4.79 Å². The van der Waals surface area contributed by atoms with Crippen molar-refractivity contribution in [1.29, 1.82) is 0 Å². The highest BCUT2D eigenvalue weighted by atomic mass is 16.3. The van der Waals surface area contributed by atoms with Crippen LogP contribution in [0, 0.1) is 0 Å². The van der Waals surface area contributed by atoms with Crippen molar-refractivity contribution in [3.63, 3.8) is 0 Å². The first kappa shape index (κ1) is 9.01. The predicted octanol–water partition coefficient (Wildman–Crippen LogP) is -0.658. The zero-order valence-electron chi connectivity index (χ0n) is 7.66. The molecule has 0 fully saturated rings. The fraction of sp³-hybridized carbons (Fsp3) is 0.500. The first-order valence-corrected chi connectivity index (χ1v) is 4.50. The molecule has 0 bridgehead atoms. The third-order valence-corrected chi connectivity index (χ3v) is 2.17. The molecule has 0 spiro atoms. The molecule has 0 saturated heterocycles. The van der Waals surface area contributed by atoms with Crippen molar-refractivity contribution in [2.24, 2.45) is 0 Å². The Bertz CT molecular complexity index is 376. The molecule has 1 aromatic rings. The number of fused-ring (bicyclic) bond motifs is 1. The molecule has 0 aliphatic carbocycles. The lowest BCUT2D eigenvalue weighted by molar-refractivity contribution is 0.290. The van der Waals surface area contributed by atoms with Gasteiger partial charge in [-0.3, -0.25) is 4.79 Å². The van der Waals surface area contributed by atoms with Crippen LogP contribution < -0.4 is 15.8 Å². The largest absolute Gasteiger partial charge is 0.396 e. The summed E-state index contributed by atoms with van der Waals surface area (Å²) < 4.78 is 0. The summed E-state index contributed by atoms with van der Waals surface area (Å²) in [7, 11) is 0. The Kier molecular flexibility index (Phi) is 2.36. The number of hydrogen-bond acceptors (Lipinski definition) is 5. The molecule has 1 aliphatic heterocycles. The van der Waals surface area contributed by atoms with Crippen LogP contribution in [0.5, 0.6) is 0 Å². The standard InChI is InChI=1S/C8H12N4O2/c13-3-1-2-12-5-11-6-7(12)9-4-10-8(6)14/h4,11,13H,1-3,5H2,(H,9,10,14). The summed E-state index contributed by atoms with van der Waals surface area (Å²) in [5, 5.41) is 11.7. The molecule has 1 aromatic heterocycles.